The van der Waals surface area contributed by atoms with Crippen LogP contribution in [0.5, 0.6) is 5.75 Å². The maximum absolute atomic E-state index is 11.9. The lowest BCUT2D eigenvalue weighted by molar-refractivity contribution is 0.0948. The Morgan fingerprint density at radius 3 is 3.00 bits per heavy atom. The molecule has 1 aromatic carbocycles. The van der Waals surface area contributed by atoms with Gasteiger partial charge in [-0.1, -0.05) is 12.1 Å². The average molecular weight is 300 g/mol. The highest BCUT2D eigenvalue weighted by molar-refractivity contribution is 5.91. The molecule has 2 aromatic rings. The molecule has 114 valence electrons. The largest absolute Gasteiger partial charge is 0.490 e. The molecule has 3 rings (SSSR count). The molecule has 7 heteroatoms. The van der Waals surface area contributed by atoms with E-state index in [0.717, 1.165) is 18.0 Å². The standard InChI is InChI=1S/C15H16N4O3/c20-14-6-5-11(17-18-14)15(21)16-7-8-19-9-10-22-13-4-2-1-3-12(13)19/h1-6H,7-10H2,(H,16,21)(H,18,20). The summed E-state index contributed by atoms with van der Waals surface area (Å²) < 4.78 is 5.59. The van der Waals surface area contributed by atoms with Gasteiger partial charge in [0.25, 0.3) is 11.5 Å². The van der Waals surface area contributed by atoms with Gasteiger partial charge in [-0.25, -0.2) is 5.10 Å². The highest BCUT2D eigenvalue weighted by atomic mass is 16.5. The topological polar surface area (TPSA) is 87.3 Å². The third kappa shape index (κ3) is 3.08. The zero-order chi connectivity index (χ0) is 15.4. The second-order valence-corrected chi connectivity index (χ2v) is 4.87. The Kier molecular flexibility index (Phi) is 4.04. The van der Waals surface area contributed by atoms with E-state index in [4.69, 9.17) is 4.74 Å². The van der Waals surface area contributed by atoms with Gasteiger partial charge in [-0.3, -0.25) is 9.59 Å². The Bertz CT molecular complexity index is 708. The summed E-state index contributed by atoms with van der Waals surface area (Å²) >= 11 is 0. The Balaban J connectivity index is 1.56. The van der Waals surface area contributed by atoms with E-state index in [2.05, 4.69) is 20.4 Å². The van der Waals surface area contributed by atoms with Crippen molar-refractivity contribution in [3.05, 3.63) is 52.4 Å². The average Bonchev–Trinajstić information content (AvgIpc) is 2.55. The van der Waals surface area contributed by atoms with Gasteiger partial charge in [0.05, 0.1) is 12.2 Å². The number of aromatic nitrogens is 2. The quantitative estimate of drug-likeness (QED) is 0.853. The van der Waals surface area contributed by atoms with E-state index in [9.17, 15) is 9.59 Å². The van der Waals surface area contributed by atoms with Crippen LogP contribution >= 0.6 is 0 Å². The minimum Gasteiger partial charge on any atom is -0.490 e. The Hall–Kier alpha value is -2.83. The number of hydrogen-bond acceptors (Lipinski definition) is 5. The summed E-state index contributed by atoms with van der Waals surface area (Å²) in [6.45, 7) is 2.57. The Morgan fingerprint density at radius 1 is 1.32 bits per heavy atom. The fourth-order valence-corrected chi connectivity index (χ4v) is 2.32. The van der Waals surface area contributed by atoms with E-state index in [1.54, 1.807) is 0 Å². The molecule has 22 heavy (non-hydrogen) atoms. The second kappa shape index (κ2) is 6.30. The molecule has 2 N–H and O–H groups in total. The maximum Gasteiger partial charge on any atom is 0.271 e. The van der Waals surface area contributed by atoms with Gasteiger partial charge in [0.2, 0.25) is 0 Å². The van der Waals surface area contributed by atoms with Crippen molar-refractivity contribution in [2.45, 2.75) is 0 Å². The van der Waals surface area contributed by atoms with E-state index in [1.165, 1.54) is 12.1 Å². The number of hydrogen-bond donors (Lipinski definition) is 2. The van der Waals surface area contributed by atoms with E-state index in [0.29, 0.717) is 19.7 Å². The number of amides is 1. The third-order valence-corrected chi connectivity index (χ3v) is 3.40. The van der Waals surface area contributed by atoms with Gasteiger partial charge in [-0.05, 0) is 18.2 Å². The van der Waals surface area contributed by atoms with Crippen molar-refractivity contribution < 1.29 is 9.53 Å². The molecule has 0 bridgehead atoms. The summed E-state index contributed by atoms with van der Waals surface area (Å²) in [6, 6.07) is 10.5. The molecule has 1 aliphatic heterocycles. The fraction of sp³-hybridized carbons (Fsp3) is 0.267. The molecule has 1 aromatic heterocycles. The first kappa shape index (κ1) is 14.1. The molecule has 1 amide bonds. The van der Waals surface area contributed by atoms with Gasteiger partial charge < -0.3 is 15.0 Å². The van der Waals surface area contributed by atoms with Gasteiger partial charge in [-0.2, -0.15) is 5.10 Å². The molecule has 0 atom stereocenters. The van der Waals surface area contributed by atoms with Crippen molar-refractivity contribution in [3.8, 4) is 5.75 Å². The Labute approximate surface area is 126 Å². The van der Waals surface area contributed by atoms with Crippen LogP contribution in [-0.4, -0.2) is 42.3 Å². The summed E-state index contributed by atoms with van der Waals surface area (Å²) in [5.74, 6) is 0.556. The summed E-state index contributed by atoms with van der Waals surface area (Å²) in [5.41, 5.74) is 0.897. The Morgan fingerprint density at radius 2 is 2.18 bits per heavy atom. The van der Waals surface area contributed by atoms with Crippen LogP contribution in [0, 0.1) is 0 Å². The number of aromatic amines is 1. The van der Waals surface area contributed by atoms with E-state index >= 15 is 0 Å². The number of H-pyrrole nitrogens is 1. The highest BCUT2D eigenvalue weighted by Gasteiger charge is 2.17. The summed E-state index contributed by atoms with van der Waals surface area (Å²) in [6.07, 6.45) is 0. The van der Waals surface area contributed by atoms with E-state index < -0.39 is 0 Å². The normalized spacial score (nSPS) is 13.2. The van der Waals surface area contributed by atoms with Crippen molar-refractivity contribution in [3.63, 3.8) is 0 Å². The monoisotopic (exact) mass is 300 g/mol. The van der Waals surface area contributed by atoms with Gasteiger partial charge in [-0.15, -0.1) is 0 Å². The molecular weight excluding hydrogens is 284 g/mol. The lowest BCUT2D eigenvalue weighted by Crippen LogP contribution is -2.39. The minimum absolute atomic E-state index is 0.196. The predicted molar refractivity (Wildman–Crippen MR) is 81.3 cm³/mol. The van der Waals surface area contributed by atoms with E-state index in [-0.39, 0.29) is 17.2 Å². The lowest BCUT2D eigenvalue weighted by atomic mass is 10.2. The molecule has 0 unspecified atom stereocenters. The zero-order valence-corrected chi connectivity index (χ0v) is 11.9. The lowest BCUT2D eigenvalue weighted by Gasteiger charge is -2.31. The molecule has 0 spiro atoms. The van der Waals surface area contributed by atoms with Gasteiger partial charge in [0.1, 0.15) is 18.1 Å². The predicted octanol–water partition coefficient (Wildman–Crippen LogP) is 0.399. The highest BCUT2D eigenvalue weighted by Crippen LogP contribution is 2.30. The first-order chi connectivity index (χ1) is 10.7. The van der Waals surface area contributed by atoms with Gasteiger partial charge in [0, 0.05) is 19.2 Å². The SMILES string of the molecule is O=C(NCCN1CCOc2ccccc21)c1ccc(=O)[nH]n1. The molecule has 0 fully saturated rings. The number of nitrogens with zero attached hydrogens (tertiary/aromatic N) is 2. The number of ether oxygens (including phenoxy) is 1. The van der Waals surface area contributed by atoms with Crippen LogP contribution in [0.3, 0.4) is 0 Å². The fourth-order valence-electron chi connectivity index (χ4n) is 2.32. The number of rotatable bonds is 4. The van der Waals surface area contributed by atoms with Gasteiger partial charge in [0.15, 0.2) is 0 Å². The molecule has 2 heterocycles. The van der Waals surface area contributed by atoms with E-state index in [1.807, 2.05) is 24.3 Å². The first-order valence-electron chi connectivity index (χ1n) is 7.05. The summed E-state index contributed by atoms with van der Waals surface area (Å²) in [7, 11) is 0. The van der Waals surface area contributed by atoms with Gasteiger partial charge >= 0.3 is 0 Å². The van der Waals surface area contributed by atoms with Crippen molar-refractivity contribution in [1.29, 1.82) is 0 Å². The van der Waals surface area contributed by atoms with Crippen LogP contribution in [0.25, 0.3) is 0 Å². The maximum atomic E-state index is 11.9. The number of fused-ring (bicyclic) bond motifs is 1. The van der Waals surface area contributed by atoms with Crippen LogP contribution in [0.1, 0.15) is 10.5 Å². The molecule has 7 nitrogen and oxygen atoms in total. The van der Waals surface area contributed by atoms with Crippen molar-refractivity contribution in [2.75, 3.05) is 31.1 Å². The number of carbonyl (C=O) groups is 1. The molecule has 0 radical (unpaired) electrons. The third-order valence-electron chi connectivity index (χ3n) is 3.40. The van der Waals surface area contributed by atoms with Crippen LogP contribution in [0.15, 0.2) is 41.2 Å². The van der Waals surface area contributed by atoms with Crippen LogP contribution in [0.2, 0.25) is 0 Å². The van der Waals surface area contributed by atoms with Crippen molar-refractivity contribution in [1.82, 2.24) is 15.5 Å². The zero-order valence-electron chi connectivity index (χ0n) is 11.9. The minimum atomic E-state index is -0.332. The smallest absolute Gasteiger partial charge is 0.271 e. The van der Waals surface area contributed by atoms with Crippen LogP contribution in [-0.2, 0) is 0 Å². The molecule has 0 aliphatic carbocycles. The van der Waals surface area contributed by atoms with Crippen molar-refractivity contribution in [2.24, 2.45) is 0 Å². The molecule has 0 saturated heterocycles. The number of carbonyl (C=O) groups excluding carboxylic acids is 1. The molecule has 1 aliphatic rings. The summed E-state index contributed by atoms with van der Waals surface area (Å²) in [4.78, 5) is 25.0. The molecule has 0 saturated carbocycles. The number of para-hydroxylation sites is 2. The number of benzene rings is 1. The number of anilines is 1. The summed E-state index contributed by atoms with van der Waals surface area (Å²) in [5, 5.41) is 8.73. The second-order valence-electron chi connectivity index (χ2n) is 4.87. The number of nitrogens with one attached hydrogen (secondary N) is 2. The molecular formula is C15H16N4O3. The van der Waals surface area contributed by atoms with Crippen LogP contribution < -0.4 is 20.5 Å². The van der Waals surface area contributed by atoms with Crippen molar-refractivity contribution >= 4 is 11.6 Å². The first-order valence-corrected chi connectivity index (χ1v) is 7.05. The van der Waals surface area contributed by atoms with Crippen LogP contribution in [0.4, 0.5) is 5.69 Å².